The minimum absolute atomic E-state index is 0.0251. The fourth-order valence-corrected chi connectivity index (χ4v) is 6.67. The first kappa shape index (κ1) is 22.8. The fourth-order valence-electron chi connectivity index (χ4n) is 6.67. The van der Waals surface area contributed by atoms with Gasteiger partial charge in [0.05, 0.1) is 12.1 Å². The molecule has 184 valence electrons. The van der Waals surface area contributed by atoms with Crippen molar-refractivity contribution < 1.29 is 9.59 Å². The van der Waals surface area contributed by atoms with E-state index in [-0.39, 0.29) is 35.7 Å². The van der Waals surface area contributed by atoms with Crippen LogP contribution in [0.1, 0.15) is 55.3 Å². The number of carbonyl (C=O) groups is 2. The number of likely N-dealkylation sites (tertiary alicyclic amines) is 1. The van der Waals surface area contributed by atoms with E-state index < -0.39 is 0 Å². The highest BCUT2D eigenvalue weighted by Crippen LogP contribution is 2.52. The van der Waals surface area contributed by atoms with Gasteiger partial charge in [-0.1, -0.05) is 79.6 Å². The lowest BCUT2D eigenvalue weighted by Gasteiger charge is -2.41. The molecule has 2 heterocycles. The first-order valence-electron chi connectivity index (χ1n) is 13.3. The molecule has 1 saturated carbocycles. The molecule has 5 nitrogen and oxygen atoms in total. The van der Waals surface area contributed by atoms with E-state index in [0.29, 0.717) is 5.92 Å². The van der Waals surface area contributed by atoms with Crippen LogP contribution in [0.15, 0.2) is 84.9 Å². The second kappa shape index (κ2) is 9.81. The Hall–Kier alpha value is -3.60. The molecular weight excluding hydrogens is 446 g/mol. The zero-order chi connectivity index (χ0) is 24.5. The van der Waals surface area contributed by atoms with Gasteiger partial charge in [-0.05, 0) is 48.6 Å². The maximum absolute atomic E-state index is 14.2. The van der Waals surface area contributed by atoms with Gasteiger partial charge < -0.3 is 15.5 Å². The number of rotatable bonds is 4. The molecule has 0 spiro atoms. The number of hydrogen-bond acceptors (Lipinski definition) is 3. The highest BCUT2D eigenvalue weighted by atomic mass is 16.2. The number of para-hydroxylation sites is 2. The van der Waals surface area contributed by atoms with Crippen molar-refractivity contribution in [2.24, 2.45) is 17.8 Å². The second-order valence-corrected chi connectivity index (χ2v) is 10.4. The van der Waals surface area contributed by atoms with E-state index in [1.807, 2.05) is 36.4 Å². The predicted molar refractivity (Wildman–Crippen MR) is 142 cm³/mol. The molecular formula is C31H33N3O2. The fraction of sp³-hybridized carbons (Fsp3) is 0.355. The molecule has 3 aromatic carbocycles. The third-order valence-corrected chi connectivity index (χ3v) is 8.37. The van der Waals surface area contributed by atoms with Crippen LogP contribution in [-0.2, 0) is 9.59 Å². The highest BCUT2D eigenvalue weighted by Gasteiger charge is 2.49. The van der Waals surface area contributed by atoms with Crippen molar-refractivity contribution in [1.82, 2.24) is 4.90 Å². The molecule has 1 aliphatic carbocycles. The number of fused-ring (bicyclic) bond motifs is 3. The Morgan fingerprint density at radius 3 is 2.22 bits per heavy atom. The molecule has 3 aromatic rings. The molecule has 1 saturated heterocycles. The SMILES string of the molecule is O=C(Nc1ccccc1)[C@@H]1CCCC[C@@H]1C(=O)N1CC[C@@H]2[C@H](c3ccccc3)Nc3ccccc3[C@@H]21. The van der Waals surface area contributed by atoms with E-state index in [1.165, 1.54) is 11.1 Å². The number of carbonyl (C=O) groups excluding carboxylic acids is 2. The zero-order valence-electron chi connectivity index (χ0n) is 20.5. The summed E-state index contributed by atoms with van der Waals surface area (Å²) in [4.78, 5) is 29.6. The first-order valence-corrected chi connectivity index (χ1v) is 13.3. The highest BCUT2D eigenvalue weighted by molar-refractivity contribution is 5.96. The minimum Gasteiger partial charge on any atom is -0.378 e. The summed E-state index contributed by atoms with van der Waals surface area (Å²) in [6.07, 6.45) is 4.48. The Bertz CT molecular complexity index is 1230. The zero-order valence-corrected chi connectivity index (χ0v) is 20.5. The molecule has 0 aromatic heterocycles. The summed E-state index contributed by atoms with van der Waals surface area (Å²) in [5, 5.41) is 6.84. The van der Waals surface area contributed by atoms with Crippen molar-refractivity contribution in [3.05, 3.63) is 96.1 Å². The van der Waals surface area contributed by atoms with Crippen LogP contribution in [0, 0.1) is 17.8 Å². The molecule has 2 N–H and O–H groups in total. The van der Waals surface area contributed by atoms with Crippen molar-refractivity contribution in [1.29, 1.82) is 0 Å². The smallest absolute Gasteiger partial charge is 0.228 e. The molecule has 0 unspecified atom stereocenters. The third kappa shape index (κ3) is 4.17. The van der Waals surface area contributed by atoms with Crippen LogP contribution in [0.5, 0.6) is 0 Å². The first-order chi connectivity index (χ1) is 17.7. The summed E-state index contributed by atoms with van der Waals surface area (Å²) in [5.74, 6) is -0.126. The topological polar surface area (TPSA) is 61.4 Å². The standard InChI is InChI=1S/C31H33N3O2/c35-30(32-22-13-5-2-6-14-22)23-15-7-8-16-24(23)31(36)34-20-19-26-28(21-11-3-1-4-12-21)33-27-18-10-9-17-25(27)29(26)34/h1-6,9-14,17-18,23-24,26,28-29,33H,7-8,15-16,19-20H2,(H,32,35)/t23-,24+,26-,28+,29+/m1/s1. The number of nitrogens with zero attached hydrogens (tertiary/aromatic N) is 1. The molecule has 0 bridgehead atoms. The maximum atomic E-state index is 14.2. The number of benzene rings is 3. The molecule has 2 amide bonds. The molecule has 5 atom stereocenters. The van der Waals surface area contributed by atoms with Crippen LogP contribution < -0.4 is 10.6 Å². The molecule has 3 aliphatic rings. The molecule has 36 heavy (non-hydrogen) atoms. The number of hydrogen-bond donors (Lipinski definition) is 2. The van der Waals surface area contributed by atoms with E-state index in [2.05, 4.69) is 64.1 Å². The normalized spacial score (nSPS) is 26.9. The van der Waals surface area contributed by atoms with Crippen molar-refractivity contribution in [2.45, 2.75) is 44.2 Å². The Morgan fingerprint density at radius 2 is 1.44 bits per heavy atom. The lowest BCUT2D eigenvalue weighted by molar-refractivity contribution is -0.143. The average Bonchev–Trinajstić information content (AvgIpc) is 3.39. The third-order valence-electron chi connectivity index (χ3n) is 8.37. The lowest BCUT2D eigenvalue weighted by atomic mass is 9.76. The van der Waals surface area contributed by atoms with E-state index >= 15 is 0 Å². The maximum Gasteiger partial charge on any atom is 0.228 e. The van der Waals surface area contributed by atoms with Gasteiger partial charge in [0.15, 0.2) is 0 Å². The van der Waals surface area contributed by atoms with Gasteiger partial charge >= 0.3 is 0 Å². The van der Waals surface area contributed by atoms with Gasteiger partial charge in [-0.2, -0.15) is 0 Å². The van der Waals surface area contributed by atoms with Gasteiger partial charge in [0, 0.05) is 35.7 Å². The Labute approximate surface area is 212 Å². The van der Waals surface area contributed by atoms with Gasteiger partial charge in [0.1, 0.15) is 0 Å². The predicted octanol–water partition coefficient (Wildman–Crippen LogP) is 6.19. The van der Waals surface area contributed by atoms with Crippen molar-refractivity contribution in [3.8, 4) is 0 Å². The summed E-state index contributed by atoms with van der Waals surface area (Å²) in [5.41, 5.74) is 4.35. The summed E-state index contributed by atoms with van der Waals surface area (Å²) < 4.78 is 0. The number of amides is 2. The van der Waals surface area contributed by atoms with Crippen LogP contribution in [0.2, 0.25) is 0 Å². The van der Waals surface area contributed by atoms with E-state index in [9.17, 15) is 9.59 Å². The molecule has 0 radical (unpaired) electrons. The van der Waals surface area contributed by atoms with Gasteiger partial charge in [0.2, 0.25) is 11.8 Å². The van der Waals surface area contributed by atoms with Crippen LogP contribution in [0.3, 0.4) is 0 Å². The Balaban J connectivity index is 1.29. The lowest BCUT2D eigenvalue weighted by Crippen LogP contribution is -2.45. The minimum atomic E-state index is -0.285. The van der Waals surface area contributed by atoms with Gasteiger partial charge in [0.25, 0.3) is 0 Å². The summed E-state index contributed by atoms with van der Waals surface area (Å²) in [7, 11) is 0. The summed E-state index contributed by atoms with van der Waals surface area (Å²) in [6, 6.07) is 28.7. The summed E-state index contributed by atoms with van der Waals surface area (Å²) >= 11 is 0. The van der Waals surface area contributed by atoms with E-state index in [1.54, 1.807) is 0 Å². The van der Waals surface area contributed by atoms with Crippen molar-refractivity contribution in [2.75, 3.05) is 17.2 Å². The van der Waals surface area contributed by atoms with Gasteiger partial charge in [-0.25, -0.2) is 0 Å². The Morgan fingerprint density at radius 1 is 0.778 bits per heavy atom. The van der Waals surface area contributed by atoms with E-state index in [4.69, 9.17) is 0 Å². The number of anilines is 2. The molecule has 2 fully saturated rings. The van der Waals surface area contributed by atoms with Crippen molar-refractivity contribution >= 4 is 23.2 Å². The molecule has 6 rings (SSSR count). The van der Waals surface area contributed by atoms with Crippen LogP contribution in [0.25, 0.3) is 0 Å². The summed E-state index contributed by atoms with van der Waals surface area (Å²) in [6.45, 7) is 0.733. The second-order valence-electron chi connectivity index (χ2n) is 10.4. The van der Waals surface area contributed by atoms with Gasteiger partial charge in [-0.15, -0.1) is 0 Å². The molecule has 5 heteroatoms. The van der Waals surface area contributed by atoms with Gasteiger partial charge in [-0.3, -0.25) is 9.59 Å². The van der Waals surface area contributed by atoms with Crippen LogP contribution in [-0.4, -0.2) is 23.3 Å². The quantitative estimate of drug-likeness (QED) is 0.469. The van der Waals surface area contributed by atoms with Crippen LogP contribution >= 0.6 is 0 Å². The molecule has 2 aliphatic heterocycles. The van der Waals surface area contributed by atoms with Crippen LogP contribution in [0.4, 0.5) is 11.4 Å². The monoisotopic (exact) mass is 479 g/mol. The number of nitrogens with one attached hydrogen (secondary N) is 2. The van der Waals surface area contributed by atoms with E-state index in [0.717, 1.165) is 50.0 Å². The largest absolute Gasteiger partial charge is 0.378 e. The van der Waals surface area contributed by atoms with Crippen molar-refractivity contribution in [3.63, 3.8) is 0 Å². The Kier molecular flexibility index (Phi) is 6.22. The average molecular weight is 480 g/mol.